The van der Waals surface area contributed by atoms with Crippen molar-refractivity contribution in [3.8, 4) is 0 Å². The molecular formula is C14H34O2S4Si2. The average Bonchev–Trinajstić information content (AvgIpc) is 2.42. The molecule has 0 heterocycles. The van der Waals surface area contributed by atoms with Crippen LogP contribution < -0.4 is 0 Å². The fourth-order valence-corrected chi connectivity index (χ4v) is 20.9. The molecule has 0 aliphatic heterocycles. The van der Waals surface area contributed by atoms with E-state index in [0.717, 1.165) is 13.2 Å². The molecule has 0 radical (unpaired) electrons. The molecule has 0 amide bonds. The Morgan fingerprint density at radius 3 is 1.23 bits per heavy atom. The quantitative estimate of drug-likeness (QED) is 0.185. The van der Waals surface area contributed by atoms with E-state index in [1.165, 1.54) is 12.8 Å². The van der Waals surface area contributed by atoms with Crippen molar-refractivity contribution >= 4 is 57.9 Å². The smallest absolute Gasteiger partial charge is 0.200 e. The standard InChI is InChI=1S/C14H34O2S4Si2/c1-9-13(21(5,6)15-11-3)17-19-20-18-14(10-2)22(7,8)16-12-4/h13-14H,9-12H2,1-8H3. The van der Waals surface area contributed by atoms with Gasteiger partial charge in [0.15, 0.2) is 16.6 Å². The molecule has 2 unspecified atom stereocenters. The molecule has 0 rings (SSSR count). The van der Waals surface area contributed by atoms with Crippen LogP contribution >= 0.6 is 41.2 Å². The van der Waals surface area contributed by atoms with E-state index in [4.69, 9.17) is 8.85 Å². The summed E-state index contributed by atoms with van der Waals surface area (Å²) in [4.78, 5) is 1.31. The molecule has 0 bridgehead atoms. The van der Waals surface area contributed by atoms with Crippen molar-refractivity contribution in [1.29, 1.82) is 0 Å². The zero-order chi connectivity index (χ0) is 17.2. The SMILES string of the molecule is CCO[Si](C)(C)C(CC)SSSSC(CC)[Si](C)(C)OCC. The number of hydrogen-bond donors (Lipinski definition) is 0. The first kappa shape index (κ1) is 23.8. The van der Waals surface area contributed by atoms with Crippen LogP contribution in [-0.4, -0.2) is 39.6 Å². The Kier molecular flexibility index (Phi) is 13.1. The first-order valence-corrected chi connectivity index (χ1v) is 19.1. The van der Waals surface area contributed by atoms with E-state index in [1.807, 2.05) is 41.2 Å². The molecule has 134 valence electrons. The molecule has 0 saturated carbocycles. The Bertz CT molecular complexity index is 266. The van der Waals surface area contributed by atoms with Crippen LogP contribution in [0.1, 0.15) is 40.5 Å². The van der Waals surface area contributed by atoms with E-state index in [-0.39, 0.29) is 0 Å². The Morgan fingerprint density at radius 1 is 0.682 bits per heavy atom. The largest absolute Gasteiger partial charge is 0.417 e. The van der Waals surface area contributed by atoms with Crippen molar-refractivity contribution in [2.24, 2.45) is 0 Å². The van der Waals surface area contributed by atoms with Crippen LogP contribution in [0.25, 0.3) is 0 Å². The van der Waals surface area contributed by atoms with Gasteiger partial charge < -0.3 is 8.85 Å². The van der Waals surface area contributed by atoms with Crippen LogP contribution in [0.5, 0.6) is 0 Å². The summed E-state index contributed by atoms with van der Waals surface area (Å²) in [5.74, 6) is 0. The van der Waals surface area contributed by atoms with Gasteiger partial charge in [0, 0.05) is 23.0 Å². The number of rotatable bonds is 13. The minimum atomic E-state index is -1.56. The zero-order valence-corrected chi connectivity index (χ0v) is 20.7. The van der Waals surface area contributed by atoms with Gasteiger partial charge in [-0.15, -0.1) is 0 Å². The first-order chi connectivity index (χ1) is 10.2. The Hall–Kier alpha value is 1.75. The minimum absolute atomic E-state index is 0.655. The Balaban J connectivity index is 4.28. The lowest BCUT2D eigenvalue weighted by atomic mass is 10.6. The molecule has 22 heavy (non-hydrogen) atoms. The normalized spacial score (nSPS) is 15.8. The van der Waals surface area contributed by atoms with Gasteiger partial charge in [-0.3, -0.25) is 0 Å². The third-order valence-corrected chi connectivity index (χ3v) is 21.6. The highest BCUT2D eigenvalue weighted by molar-refractivity contribution is 9.26. The maximum absolute atomic E-state index is 6.04. The summed E-state index contributed by atoms with van der Waals surface area (Å²) >= 11 is 0. The maximum atomic E-state index is 6.04. The third kappa shape index (κ3) is 8.73. The van der Waals surface area contributed by atoms with Gasteiger partial charge in [0.1, 0.15) is 0 Å². The summed E-state index contributed by atoms with van der Waals surface area (Å²) in [7, 11) is 4.77. The zero-order valence-electron chi connectivity index (χ0n) is 15.4. The summed E-state index contributed by atoms with van der Waals surface area (Å²) in [6, 6.07) is 0. The molecule has 0 aromatic heterocycles. The second-order valence-electron chi connectivity index (χ2n) is 6.20. The van der Waals surface area contributed by atoms with Crippen molar-refractivity contribution in [1.82, 2.24) is 0 Å². The van der Waals surface area contributed by atoms with Gasteiger partial charge in [-0.2, -0.15) is 0 Å². The fraction of sp³-hybridized carbons (Fsp3) is 1.00. The fourth-order valence-electron chi connectivity index (χ4n) is 2.41. The molecule has 0 saturated heterocycles. The molecule has 2 atom stereocenters. The highest BCUT2D eigenvalue weighted by Gasteiger charge is 2.35. The summed E-state index contributed by atoms with van der Waals surface area (Å²) in [5.41, 5.74) is 0. The Labute approximate surface area is 155 Å². The van der Waals surface area contributed by atoms with Gasteiger partial charge in [-0.05, 0) is 72.5 Å². The van der Waals surface area contributed by atoms with Gasteiger partial charge in [-0.1, -0.05) is 35.4 Å². The van der Waals surface area contributed by atoms with Crippen molar-refractivity contribution in [3.63, 3.8) is 0 Å². The lowest BCUT2D eigenvalue weighted by Crippen LogP contribution is -2.42. The summed E-state index contributed by atoms with van der Waals surface area (Å²) in [5, 5.41) is 0. The van der Waals surface area contributed by atoms with Gasteiger partial charge in [-0.25, -0.2) is 0 Å². The molecule has 0 spiro atoms. The van der Waals surface area contributed by atoms with E-state index >= 15 is 0 Å². The second-order valence-corrected chi connectivity index (χ2v) is 21.6. The van der Waals surface area contributed by atoms with Crippen LogP contribution in [0.3, 0.4) is 0 Å². The second kappa shape index (κ2) is 12.2. The lowest BCUT2D eigenvalue weighted by molar-refractivity contribution is 0.326. The summed E-state index contributed by atoms with van der Waals surface area (Å²) in [6.07, 6.45) is 2.39. The van der Waals surface area contributed by atoms with Crippen molar-refractivity contribution in [2.75, 3.05) is 13.2 Å². The topological polar surface area (TPSA) is 18.5 Å². The molecule has 0 aliphatic carbocycles. The lowest BCUT2D eigenvalue weighted by Gasteiger charge is -2.31. The summed E-state index contributed by atoms with van der Waals surface area (Å²) in [6.45, 7) is 19.8. The van der Waals surface area contributed by atoms with E-state index in [0.29, 0.717) is 9.75 Å². The first-order valence-electron chi connectivity index (χ1n) is 8.18. The third-order valence-electron chi connectivity index (χ3n) is 3.66. The highest BCUT2D eigenvalue weighted by atomic mass is 33.7. The number of hydrogen-bond acceptors (Lipinski definition) is 6. The minimum Gasteiger partial charge on any atom is -0.417 e. The maximum Gasteiger partial charge on any atom is 0.200 e. The van der Waals surface area contributed by atoms with Crippen molar-refractivity contribution in [2.45, 2.75) is 76.5 Å². The van der Waals surface area contributed by atoms with Gasteiger partial charge in [0.2, 0.25) is 0 Å². The molecular weight excluding hydrogens is 385 g/mol. The van der Waals surface area contributed by atoms with Gasteiger partial charge >= 0.3 is 0 Å². The van der Waals surface area contributed by atoms with Gasteiger partial charge in [0.25, 0.3) is 0 Å². The predicted molar refractivity (Wildman–Crippen MR) is 117 cm³/mol. The molecule has 0 aromatic carbocycles. The molecule has 0 fully saturated rings. The van der Waals surface area contributed by atoms with Crippen molar-refractivity contribution in [3.05, 3.63) is 0 Å². The molecule has 0 aliphatic rings. The van der Waals surface area contributed by atoms with Crippen LogP contribution in [0.15, 0.2) is 0 Å². The van der Waals surface area contributed by atoms with E-state index in [1.54, 1.807) is 0 Å². The van der Waals surface area contributed by atoms with Crippen LogP contribution in [0, 0.1) is 0 Å². The molecule has 8 heteroatoms. The average molecular weight is 419 g/mol. The van der Waals surface area contributed by atoms with Gasteiger partial charge in [0.05, 0.1) is 0 Å². The van der Waals surface area contributed by atoms with Crippen LogP contribution in [-0.2, 0) is 8.85 Å². The Morgan fingerprint density at radius 2 is 1.00 bits per heavy atom. The molecule has 2 nitrogen and oxygen atoms in total. The monoisotopic (exact) mass is 418 g/mol. The van der Waals surface area contributed by atoms with Crippen molar-refractivity contribution < 1.29 is 8.85 Å². The highest BCUT2D eigenvalue weighted by Crippen LogP contribution is 2.50. The van der Waals surface area contributed by atoms with E-state index < -0.39 is 16.6 Å². The predicted octanol–water partition coefficient (Wildman–Crippen LogP) is 6.78. The molecule has 0 aromatic rings. The van der Waals surface area contributed by atoms with E-state index in [9.17, 15) is 0 Å². The van der Waals surface area contributed by atoms with Crippen LogP contribution in [0.2, 0.25) is 26.2 Å². The molecule has 0 N–H and O–H groups in total. The van der Waals surface area contributed by atoms with Crippen LogP contribution in [0.4, 0.5) is 0 Å². The summed E-state index contributed by atoms with van der Waals surface area (Å²) < 4.78 is 12.1. The van der Waals surface area contributed by atoms with E-state index in [2.05, 4.69) is 53.9 Å².